The van der Waals surface area contributed by atoms with E-state index in [-0.39, 0.29) is 13.0 Å². The van der Waals surface area contributed by atoms with E-state index in [0.717, 1.165) is 5.56 Å². The number of rotatable bonds is 5. The molecule has 0 aromatic heterocycles. The number of benzene rings is 1. The minimum Gasteiger partial charge on any atom is -0.497 e. The summed E-state index contributed by atoms with van der Waals surface area (Å²) in [5, 5.41) is 10.2. The Morgan fingerprint density at radius 3 is 2.50 bits per heavy atom. The van der Waals surface area contributed by atoms with Crippen LogP contribution >= 0.6 is 0 Å². The van der Waals surface area contributed by atoms with Gasteiger partial charge in [-0.05, 0) is 24.6 Å². The van der Waals surface area contributed by atoms with Crippen molar-refractivity contribution in [2.45, 2.75) is 31.0 Å². The molecule has 8 nitrogen and oxygen atoms in total. The number of carbonyl (C=O) groups is 3. The van der Waals surface area contributed by atoms with Crippen LogP contribution in [0.1, 0.15) is 18.9 Å². The van der Waals surface area contributed by atoms with Crippen molar-refractivity contribution in [3.05, 3.63) is 29.8 Å². The lowest BCUT2D eigenvalue weighted by atomic mass is 9.77. The molecule has 1 amide bonds. The second-order valence-electron chi connectivity index (χ2n) is 6.62. The van der Waals surface area contributed by atoms with E-state index in [9.17, 15) is 19.5 Å². The fraction of sp³-hybridized carbons (Fsp3) is 0.500. The van der Waals surface area contributed by atoms with E-state index in [1.807, 2.05) is 0 Å². The van der Waals surface area contributed by atoms with Crippen LogP contribution in [0, 0.1) is 5.92 Å². The normalized spacial score (nSPS) is 30.2. The molecule has 1 aromatic rings. The summed E-state index contributed by atoms with van der Waals surface area (Å²) in [6.07, 6.45) is -0.132. The molecule has 0 radical (unpaired) electrons. The second kappa shape index (κ2) is 6.28. The zero-order valence-electron chi connectivity index (χ0n) is 14.9. The van der Waals surface area contributed by atoms with Gasteiger partial charge in [-0.25, -0.2) is 4.79 Å². The molecule has 2 aliphatic heterocycles. The zero-order chi connectivity index (χ0) is 19.1. The molecule has 8 heteroatoms. The highest BCUT2D eigenvalue weighted by atomic mass is 16.6. The topological polar surface area (TPSA) is 102 Å². The van der Waals surface area contributed by atoms with Crippen molar-refractivity contribution in [3.8, 4) is 5.75 Å². The molecule has 140 valence electrons. The standard InChI is InChI=1S/C18H21NO7/c1-17-13(8-14(21)26-17)15(22)19(18(17,10-20)16(23)25-3)9-11-4-6-12(24-2)7-5-11/h4-7,13,20H,8-10H2,1-3H3/t13-,17-,18-/m0/s1. The minimum atomic E-state index is -1.80. The molecule has 26 heavy (non-hydrogen) atoms. The van der Waals surface area contributed by atoms with Gasteiger partial charge in [0.05, 0.1) is 33.2 Å². The third-order valence-corrected chi connectivity index (χ3v) is 5.46. The molecule has 1 N–H and O–H groups in total. The number of carbonyl (C=O) groups excluding carboxylic acids is 3. The monoisotopic (exact) mass is 363 g/mol. The van der Waals surface area contributed by atoms with Gasteiger partial charge in [0.2, 0.25) is 11.4 Å². The minimum absolute atomic E-state index is 0.0577. The Bertz CT molecular complexity index is 746. The number of methoxy groups -OCH3 is 2. The van der Waals surface area contributed by atoms with Crippen LogP contribution in [0.25, 0.3) is 0 Å². The number of fused-ring (bicyclic) bond motifs is 1. The first kappa shape index (κ1) is 18.2. The maximum atomic E-state index is 13.0. The molecule has 2 fully saturated rings. The number of esters is 2. The molecular weight excluding hydrogens is 342 g/mol. The molecule has 1 aromatic carbocycles. The summed E-state index contributed by atoms with van der Waals surface area (Å²) in [5.41, 5.74) is -2.55. The Kier molecular flexibility index (Phi) is 4.39. The van der Waals surface area contributed by atoms with Gasteiger partial charge in [-0.1, -0.05) is 12.1 Å². The van der Waals surface area contributed by atoms with Gasteiger partial charge in [0.15, 0.2) is 5.60 Å². The molecule has 0 spiro atoms. The van der Waals surface area contributed by atoms with Crippen LogP contribution in [-0.4, -0.2) is 59.8 Å². The van der Waals surface area contributed by atoms with E-state index in [2.05, 4.69) is 0 Å². The smallest absolute Gasteiger partial charge is 0.338 e. The number of ether oxygens (including phenoxy) is 3. The van der Waals surface area contributed by atoms with Gasteiger partial charge in [0, 0.05) is 6.54 Å². The van der Waals surface area contributed by atoms with Gasteiger partial charge in [-0.15, -0.1) is 0 Å². The molecule has 0 aliphatic carbocycles. The summed E-state index contributed by atoms with van der Waals surface area (Å²) in [6, 6.07) is 6.98. The first-order chi connectivity index (χ1) is 12.3. The third kappa shape index (κ3) is 2.28. The quantitative estimate of drug-likeness (QED) is 0.749. The molecule has 2 saturated heterocycles. The van der Waals surface area contributed by atoms with E-state index in [1.165, 1.54) is 18.9 Å². The number of aliphatic hydroxyl groups is 1. The van der Waals surface area contributed by atoms with E-state index in [0.29, 0.717) is 5.75 Å². The first-order valence-corrected chi connectivity index (χ1v) is 8.19. The van der Waals surface area contributed by atoms with E-state index in [1.54, 1.807) is 31.4 Å². The number of likely N-dealkylation sites (tertiary alicyclic amines) is 1. The van der Waals surface area contributed by atoms with Crippen LogP contribution in [0.15, 0.2) is 24.3 Å². The molecule has 0 unspecified atom stereocenters. The van der Waals surface area contributed by atoms with Crippen molar-refractivity contribution in [1.82, 2.24) is 4.90 Å². The Morgan fingerprint density at radius 2 is 1.96 bits per heavy atom. The first-order valence-electron chi connectivity index (χ1n) is 8.19. The second-order valence-corrected chi connectivity index (χ2v) is 6.62. The fourth-order valence-electron chi connectivity index (χ4n) is 3.97. The molecule has 2 heterocycles. The van der Waals surface area contributed by atoms with Crippen LogP contribution in [0.5, 0.6) is 5.75 Å². The Hall–Kier alpha value is -2.61. The molecule has 3 rings (SSSR count). The highest BCUT2D eigenvalue weighted by molar-refractivity contribution is 6.00. The Morgan fingerprint density at radius 1 is 1.31 bits per heavy atom. The van der Waals surface area contributed by atoms with Crippen molar-refractivity contribution in [2.24, 2.45) is 5.92 Å². The van der Waals surface area contributed by atoms with Crippen molar-refractivity contribution in [3.63, 3.8) is 0 Å². The predicted octanol–water partition coefficient (Wildman–Crippen LogP) is 0.263. The van der Waals surface area contributed by atoms with Crippen LogP contribution in [0.4, 0.5) is 0 Å². The summed E-state index contributed by atoms with van der Waals surface area (Å²) in [6.45, 7) is 0.839. The summed E-state index contributed by atoms with van der Waals surface area (Å²) in [7, 11) is 2.71. The van der Waals surface area contributed by atoms with E-state index in [4.69, 9.17) is 14.2 Å². The number of hydrogen-bond acceptors (Lipinski definition) is 7. The number of amides is 1. The van der Waals surface area contributed by atoms with Crippen molar-refractivity contribution >= 4 is 17.8 Å². The van der Waals surface area contributed by atoms with Gasteiger partial charge in [-0.3, -0.25) is 9.59 Å². The van der Waals surface area contributed by atoms with Crippen LogP contribution in [0.2, 0.25) is 0 Å². The fourth-order valence-corrected chi connectivity index (χ4v) is 3.97. The Balaban J connectivity index is 2.05. The lowest BCUT2D eigenvalue weighted by molar-refractivity contribution is -0.182. The average molecular weight is 363 g/mol. The van der Waals surface area contributed by atoms with Crippen LogP contribution < -0.4 is 4.74 Å². The van der Waals surface area contributed by atoms with Crippen LogP contribution in [-0.2, 0) is 30.4 Å². The maximum Gasteiger partial charge on any atom is 0.338 e. The third-order valence-electron chi connectivity index (χ3n) is 5.46. The maximum absolute atomic E-state index is 13.0. The number of hydrogen-bond donors (Lipinski definition) is 1. The van der Waals surface area contributed by atoms with Gasteiger partial charge in [0.25, 0.3) is 0 Å². The number of nitrogens with zero attached hydrogens (tertiary/aromatic N) is 1. The largest absolute Gasteiger partial charge is 0.497 e. The molecule has 0 saturated carbocycles. The van der Waals surface area contributed by atoms with Gasteiger partial charge in [-0.2, -0.15) is 0 Å². The lowest BCUT2D eigenvalue weighted by Gasteiger charge is -2.42. The molecule has 2 aliphatic rings. The SMILES string of the molecule is COC(=O)[C@]1(CO)N(Cc2ccc(OC)cc2)C(=O)[C@@H]2CC(=O)O[C@@]21C. The van der Waals surface area contributed by atoms with E-state index < -0.39 is 41.5 Å². The summed E-state index contributed by atoms with van der Waals surface area (Å²) < 4.78 is 15.4. The van der Waals surface area contributed by atoms with Gasteiger partial charge < -0.3 is 24.2 Å². The summed E-state index contributed by atoms with van der Waals surface area (Å²) in [5.74, 6) is -2.01. The highest BCUT2D eigenvalue weighted by Gasteiger charge is 2.75. The molecular formula is C18H21NO7. The van der Waals surface area contributed by atoms with E-state index >= 15 is 0 Å². The average Bonchev–Trinajstić information content (AvgIpc) is 3.03. The van der Waals surface area contributed by atoms with Crippen molar-refractivity contribution in [2.75, 3.05) is 20.8 Å². The lowest BCUT2D eigenvalue weighted by Crippen LogP contribution is -2.66. The summed E-state index contributed by atoms with van der Waals surface area (Å²) >= 11 is 0. The van der Waals surface area contributed by atoms with Gasteiger partial charge >= 0.3 is 11.9 Å². The van der Waals surface area contributed by atoms with Gasteiger partial charge in [0.1, 0.15) is 5.75 Å². The predicted molar refractivity (Wildman–Crippen MR) is 88.0 cm³/mol. The van der Waals surface area contributed by atoms with Crippen molar-refractivity contribution in [1.29, 1.82) is 0 Å². The van der Waals surface area contributed by atoms with Crippen LogP contribution in [0.3, 0.4) is 0 Å². The van der Waals surface area contributed by atoms with Crippen molar-refractivity contribution < 1.29 is 33.7 Å². The summed E-state index contributed by atoms with van der Waals surface area (Å²) in [4.78, 5) is 38.8. The molecule has 0 bridgehead atoms. The number of aliphatic hydroxyl groups excluding tert-OH is 1. The highest BCUT2D eigenvalue weighted by Crippen LogP contribution is 2.52. The zero-order valence-corrected chi connectivity index (χ0v) is 14.9. The molecule has 3 atom stereocenters. The Labute approximate surface area is 150 Å².